The maximum atomic E-state index is 12.2. The first-order valence-electron chi connectivity index (χ1n) is 8.54. The third kappa shape index (κ3) is 4.79. The smallest absolute Gasteiger partial charge is 0.233 e. The van der Waals surface area contributed by atoms with Gasteiger partial charge >= 0.3 is 0 Å². The van der Waals surface area contributed by atoms with Gasteiger partial charge in [-0.2, -0.15) is 0 Å². The van der Waals surface area contributed by atoms with Gasteiger partial charge in [0.25, 0.3) is 0 Å². The van der Waals surface area contributed by atoms with Crippen molar-refractivity contribution in [3.63, 3.8) is 0 Å². The summed E-state index contributed by atoms with van der Waals surface area (Å²) in [5, 5.41) is 6.03. The van der Waals surface area contributed by atoms with Crippen molar-refractivity contribution >= 4 is 11.8 Å². The number of carbonyl (C=O) groups excluding carboxylic acids is 2. The second-order valence-corrected chi connectivity index (χ2v) is 6.55. The highest BCUT2D eigenvalue weighted by Crippen LogP contribution is 2.27. The van der Waals surface area contributed by atoms with Crippen LogP contribution in [0.25, 0.3) is 0 Å². The Hall–Kier alpha value is -1.88. The van der Waals surface area contributed by atoms with E-state index in [0.717, 1.165) is 12.5 Å². The summed E-state index contributed by atoms with van der Waals surface area (Å²) in [6, 6.07) is 8.19. The molecule has 2 amide bonds. The van der Waals surface area contributed by atoms with Gasteiger partial charge < -0.3 is 15.5 Å². The van der Waals surface area contributed by atoms with Gasteiger partial charge in [0.15, 0.2) is 0 Å². The zero-order valence-electron chi connectivity index (χ0n) is 13.5. The van der Waals surface area contributed by atoms with Crippen LogP contribution in [0.5, 0.6) is 0 Å². The SMILES string of the molecule is O=C(CNCC1CC1)NCCCC(=O)N1Cc2ccccc2C1. The first-order valence-corrected chi connectivity index (χ1v) is 8.54. The van der Waals surface area contributed by atoms with Crippen LogP contribution in [0.2, 0.25) is 0 Å². The van der Waals surface area contributed by atoms with Gasteiger partial charge in [0.1, 0.15) is 0 Å². The summed E-state index contributed by atoms with van der Waals surface area (Å²) in [6.45, 7) is 3.32. The molecule has 1 fully saturated rings. The molecule has 1 aromatic carbocycles. The summed E-state index contributed by atoms with van der Waals surface area (Å²) < 4.78 is 0. The molecule has 0 unspecified atom stereocenters. The third-order valence-corrected chi connectivity index (χ3v) is 4.50. The quantitative estimate of drug-likeness (QED) is 0.713. The minimum atomic E-state index is 0.0201. The highest BCUT2D eigenvalue weighted by atomic mass is 16.2. The first-order chi connectivity index (χ1) is 11.2. The van der Waals surface area contributed by atoms with Gasteiger partial charge in [-0.15, -0.1) is 0 Å². The van der Waals surface area contributed by atoms with Crippen molar-refractivity contribution in [2.24, 2.45) is 5.92 Å². The normalized spacial score (nSPS) is 16.3. The fraction of sp³-hybridized carbons (Fsp3) is 0.556. The van der Waals surface area contributed by atoms with Crippen LogP contribution in [0.15, 0.2) is 24.3 Å². The molecule has 0 atom stereocenters. The molecule has 0 radical (unpaired) electrons. The minimum absolute atomic E-state index is 0.0201. The summed E-state index contributed by atoms with van der Waals surface area (Å²) in [5.74, 6) is 0.971. The van der Waals surface area contributed by atoms with Gasteiger partial charge in [0.05, 0.1) is 6.54 Å². The van der Waals surface area contributed by atoms with E-state index < -0.39 is 0 Å². The lowest BCUT2D eigenvalue weighted by molar-refractivity contribution is -0.132. The number of hydrogen-bond acceptors (Lipinski definition) is 3. The topological polar surface area (TPSA) is 61.4 Å². The van der Waals surface area contributed by atoms with E-state index in [2.05, 4.69) is 22.8 Å². The Morgan fingerprint density at radius 3 is 2.48 bits per heavy atom. The maximum Gasteiger partial charge on any atom is 0.233 e. The average Bonchev–Trinajstić information content (AvgIpc) is 3.26. The molecule has 1 saturated carbocycles. The standard InChI is InChI=1S/C18H25N3O2/c22-17(11-19-10-14-7-8-14)20-9-3-6-18(23)21-12-15-4-1-2-5-16(15)13-21/h1-2,4-5,14,19H,3,6-13H2,(H,20,22). The predicted octanol–water partition coefficient (Wildman–Crippen LogP) is 1.42. The Kier molecular flexibility index (Phi) is 5.28. The van der Waals surface area contributed by atoms with Gasteiger partial charge in [0.2, 0.25) is 11.8 Å². The lowest BCUT2D eigenvalue weighted by Gasteiger charge is -2.15. The maximum absolute atomic E-state index is 12.2. The van der Waals surface area contributed by atoms with E-state index in [1.807, 2.05) is 17.0 Å². The van der Waals surface area contributed by atoms with Crippen LogP contribution >= 0.6 is 0 Å². The Balaban J connectivity index is 1.27. The number of rotatable bonds is 8. The van der Waals surface area contributed by atoms with E-state index in [0.29, 0.717) is 39.0 Å². The molecule has 124 valence electrons. The second-order valence-electron chi connectivity index (χ2n) is 6.55. The number of hydrogen-bond donors (Lipinski definition) is 2. The van der Waals surface area contributed by atoms with E-state index in [1.165, 1.54) is 24.0 Å². The van der Waals surface area contributed by atoms with Crippen LogP contribution in [-0.4, -0.2) is 36.3 Å². The van der Waals surface area contributed by atoms with E-state index in [-0.39, 0.29) is 11.8 Å². The molecule has 1 aliphatic heterocycles. The van der Waals surface area contributed by atoms with Crippen molar-refractivity contribution in [2.75, 3.05) is 19.6 Å². The van der Waals surface area contributed by atoms with Gasteiger partial charge in [-0.25, -0.2) is 0 Å². The number of benzene rings is 1. The molecule has 0 spiro atoms. The minimum Gasteiger partial charge on any atom is -0.355 e. The van der Waals surface area contributed by atoms with Crippen LogP contribution in [0.3, 0.4) is 0 Å². The molecule has 5 nitrogen and oxygen atoms in total. The van der Waals surface area contributed by atoms with Crippen LogP contribution in [0, 0.1) is 5.92 Å². The summed E-state index contributed by atoms with van der Waals surface area (Å²) >= 11 is 0. The molecule has 3 rings (SSSR count). The molecule has 0 saturated heterocycles. The molecule has 2 N–H and O–H groups in total. The highest BCUT2D eigenvalue weighted by molar-refractivity contribution is 5.78. The van der Waals surface area contributed by atoms with Gasteiger partial charge in [-0.3, -0.25) is 9.59 Å². The fourth-order valence-corrected chi connectivity index (χ4v) is 2.91. The molecule has 0 bridgehead atoms. The number of amides is 2. The Morgan fingerprint density at radius 2 is 1.83 bits per heavy atom. The number of nitrogens with zero attached hydrogens (tertiary/aromatic N) is 1. The van der Waals surface area contributed by atoms with Crippen LogP contribution in [-0.2, 0) is 22.7 Å². The van der Waals surface area contributed by atoms with E-state index >= 15 is 0 Å². The molecule has 0 aromatic heterocycles. The summed E-state index contributed by atoms with van der Waals surface area (Å²) in [6.07, 6.45) is 3.76. The van der Waals surface area contributed by atoms with Crippen LogP contribution < -0.4 is 10.6 Å². The summed E-state index contributed by atoms with van der Waals surface area (Å²) in [5.41, 5.74) is 2.49. The summed E-state index contributed by atoms with van der Waals surface area (Å²) in [7, 11) is 0. The predicted molar refractivity (Wildman–Crippen MR) is 88.5 cm³/mol. The first kappa shape index (κ1) is 16.0. The second kappa shape index (κ2) is 7.59. The van der Waals surface area contributed by atoms with Gasteiger partial charge in [-0.05, 0) is 42.9 Å². The molecule has 5 heteroatoms. The molecule has 23 heavy (non-hydrogen) atoms. The zero-order chi connectivity index (χ0) is 16.1. The molecule has 1 heterocycles. The van der Waals surface area contributed by atoms with Crippen molar-refractivity contribution in [2.45, 2.75) is 38.8 Å². The molecule has 1 aliphatic carbocycles. The average molecular weight is 315 g/mol. The number of fused-ring (bicyclic) bond motifs is 1. The van der Waals surface area contributed by atoms with Crippen molar-refractivity contribution in [1.29, 1.82) is 0 Å². The molecular formula is C18H25N3O2. The Labute approximate surface area is 137 Å². The monoisotopic (exact) mass is 315 g/mol. The van der Waals surface area contributed by atoms with Crippen molar-refractivity contribution in [3.8, 4) is 0 Å². The molecule has 2 aliphatic rings. The lowest BCUT2D eigenvalue weighted by atomic mass is 10.1. The number of carbonyl (C=O) groups is 2. The third-order valence-electron chi connectivity index (χ3n) is 4.50. The zero-order valence-corrected chi connectivity index (χ0v) is 13.5. The largest absolute Gasteiger partial charge is 0.355 e. The molecular weight excluding hydrogens is 290 g/mol. The van der Waals surface area contributed by atoms with Crippen molar-refractivity contribution in [3.05, 3.63) is 35.4 Å². The van der Waals surface area contributed by atoms with Gasteiger partial charge in [0, 0.05) is 26.1 Å². The van der Waals surface area contributed by atoms with Crippen LogP contribution in [0.4, 0.5) is 0 Å². The highest BCUT2D eigenvalue weighted by Gasteiger charge is 2.22. The van der Waals surface area contributed by atoms with Crippen LogP contribution in [0.1, 0.15) is 36.8 Å². The number of nitrogens with one attached hydrogen (secondary N) is 2. The Bertz CT molecular complexity index is 544. The van der Waals surface area contributed by atoms with E-state index in [1.54, 1.807) is 0 Å². The van der Waals surface area contributed by atoms with E-state index in [9.17, 15) is 9.59 Å². The van der Waals surface area contributed by atoms with E-state index in [4.69, 9.17) is 0 Å². The van der Waals surface area contributed by atoms with Crippen molar-refractivity contribution in [1.82, 2.24) is 15.5 Å². The van der Waals surface area contributed by atoms with Gasteiger partial charge in [-0.1, -0.05) is 24.3 Å². The fourth-order valence-electron chi connectivity index (χ4n) is 2.91. The summed E-state index contributed by atoms with van der Waals surface area (Å²) in [4.78, 5) is 25.7. The lowest BCUT2D eigenvalue weighted by Crippen LogP contribution is -2.35. The molecule has 1 aromatic rings. The van der Waals surface area contributed by atoms with Crippen molar-refractivity contribution < 1.29 is 9.59 Å². The Morgan fingerprint density at radius 1 is 1.13 bits per heavy atom.